The number of methoxy groups -OCH3 is 1. The normalized spacial score (nSPS) is 10.4. The summed E-state index contributed by atoms with van der Waals surface area (Å²) < 4.78 is 5.50. The van der Waals surface area contributed by atoms with Crippen molar-refractivity contribution in [3.8, 4) is 5.75 Å². The minimum atomic E-state index is -0.464. The molecule has 0 unspecified atom stereocenters. The zero-order valence-corrected chi connectivity index (χ0v) is 16.8. The fourth-order valence-electron chi connectivity index (χ4n) is 2.95. The molecule has 0 atom stereocenters. The third-order valence-corrected chi connectivity index (χ3v) is 4.61. The molecule has 0 spiro atoms. The standard InChI is InChI=1S/C20H20ClN3O3.ClH/c1-27-20-9-6-14-4-2-3-5-16(14)17(20)13-22-10-11-23-19-8-7-15(24(25)26)12-18(19)21;/h2-9,12,22-23H,10-11,13H2,1H3;1H. The predicted octanol–water partition coefficient (Wildman–Crippen LogP) is 5.03. The van der Waals surface area contributed by atoms with Gasteiger partial charge in [0, 0.05) is 37.3 Å². The molecule has 3 aromatic carbocycles. The van der Waals surface area contributed by atoms with Gasteiger partial charge in [-0.2, -0.15) is 0 Å². The van der Waals surface area contributed by atoms with Crippen LogP contribution in [0.1, 0.15) is 5.56 Å². The molecule has 0 aromatic heterocycles. The van der Waals surface area contributed by atoms with Crippen molar-refractivity contribution >= 4 is 46.2 Å². The summed E-state index contributed by atoms with van der Waals surface area (Å²) in [6.07, 6.45) is 0. The first-order valence-corrected chi connectivity index (χ1v) is 8.91. The predicted molar refractivity (Wildman–Crippen MR) is 116 cm³/mol. The van der Waals surface area contributed by atoms with Crippen LogP contribution in [-0.4, -0.2) is 25.1 Å². The number of non-ortho nitro benzene ring substituents is 1. The topological polar surface area (TPSA) is 76.4 Å². The van der Waals surface area contributed by atoms with Crippen molar-refractivity contribution in [1.82, 2.24) is 5.32 Å². The summed E-state index contributed by atoms with van der Waals surface area (Å²) >= 11 is 6.08. The zero-order valence-electron chi connectivity index (χ0n) is 15.3. The number of benzene rings is 3. The van der Waals surface area contributed by atoms with Crippen molar-refractivity contribution in [2.24, 2.45) is 0 Å². The maximum absolute atomic E-state index is 10.8. The van der Waals surface area contributed by atoms with Crippen LogP contribution in [0.15, 0.2) is 54.6 Å². The number of ether oxygens (including phenoxy) is 1. The summed E-state index contributed by atoms with van der Waals surface area (Å²) in [5.74, 6) is 0.854. The summed E-state index contributed by atoms with van der Waals surface area (Å²) in [4.78, 5) is 10.3. The largest absolute Gasteiger partial charge is 0.496 e. The molecule has 0 heterocycles. The number of fused-ring (bicyclic) bond motifs is 1. The Morgan fingerprint density at radius 2 is 1.89 bits per heavy atom. The fraction of sp³-hybridized carbons (Fsp3) is 0.200. The van der Waals surface area contributed by atoms with E-state index in [-0.39, 0.29) is 18.1 Å². The van der Waals surface area contributed by atoms with Crippen LogP contribution < -0.4 is 15.4 Å². The van der Waals surface area contributed by atoms with Crippen molar-refractivity contribution in [1.29, 1.82) is 0 Å². The molecule has 8 heteroatoms. The first-order valence-electron chi connectivity index (χ1n) is 8.53. The number of hydrogen-bond donors (Lipinski definition) is 2. The monoisotopic (exact) mass is 421 g/mol. The number of nitrogens with one attached hydrogen (secondary N) is 2. The van der Waals surface area contributed by atoms with Crippen LogP contribution in [0.5, 0.6) is 5.75 Å². The van der Waals surface area contributed by atoms with Gasteiger partial charge < -0.3 is 15.4 Å². The van der Waals surface area contributed by atoms with Crippen LogP contribution in [0.4, 0.5) is 11.4 Å². The van der Waals surface area contributed by atoms with Gasteiger partial charge in [-0.3, -0.25) is 10.1 Å². The fourth-order valence-corrected chi connectivity index (χ4v) is 3.19. The van der Waals surface area contributed by atoms with Crippen molar-refractivity contribution in [3.05, 3.63) is 75.3 Å². The third kappa shape index (κ3) is 5.04. The lowest BCUT2D eigenvalue weighted by Gasteiger charge is -2.14. The summed E-state index contributed by atoms with van der Waals surface area (Å²) in [5, 5.41) is 20.0. The Labute approximate surface area is 174 Å². The van der Waals surface area contributed by atoms with Gasteiger partial charge in [-0.1, -0.05) is 41.9 Å². The molecule has 0 aliphatic rings. The van der Waals surface area contributed by atoms with Crippen molar-refractivity contribution in [2.75, 3.05) is 25.5 Å². The highest BCUT2D eigenvalue weighted by molar-refractivity contribution is 6.33. The van der Waals surface area contributed by atoms with E-state index in [9.17, 15) is 10.1 Å². The highest BCUT2D eigenvalue weighted by atomic mass is 35.5. The molecule has 2 N–H and O–H groups in total. The highest BCUT2D eigenvalue weighted by Gasteiger charge is 2.10. The Balaban J connectivity index is 0.00000280. The lowest BCUT2D eigenvalue weighted by atomic mass is 10.0. The lowest BCUT2D eigenvalue weighted by molar-refractivity contribution is -0.384. The lowest BCUT2D eigenvalue weighted by Crippen LogP contribution is -2.22. The van der Waals surface area contributed by atoms with Gasteiger partial charge in [0.05, 0.1) is 22.7 Å². The van der Waals surface area contributed by atoms with E-state index < -0.39 is 4.92 Å². The van der Waals surface area contributed by atoms with E-state index in [0.29, 0.717) is 30.3 Å². The third-order valence-electron chi connectivity index (χ3n) is 4.30. The molecule has 3 rings (SSSR count). The van der Waals surface area contributed by atoms with E-state index in [0.717, 1.165) is 16.7 Å². The molecule has 0 saturated carbocycles. The Morgan fingerprint density at radius 3 is 2.61 bits per heavy atom. The van der Waals surface area contributed by atoms with E-state index in [4.69, 9.17) is 16.3 Å². The molecule has 0 aliphatic heterocycles. The molecule has 6 nitrogen and oxygen atoms in total. The summed E-state index contributed by atoms with van der Waals surface area (Å²) in [6, 6.07) is 16.6. The first-order chi connectivity index (χ1) is 13.1. The average Bonchev–Trinajstić information content (AvgIpc) is 2.68. The van der Waals surface area contributed by atoms with Crippen LogP contribution in [0.3, 0.4) is 0 Å². The van der Waals surface area contributed by atoms with E-state index in [1.54, 1.807) is 13.2 Å². The van der Waals surface area contributed by atoms with E-state index >= 15 is 0 Å². The van der Waals surface area contributed by atoms with Crippen LogP contribution in [0.25, 0.3) is 10.8 Å². The summed E-state index contributed by atoms with van der Waals surface area (Å²) in [7, 11) is 1.67. The second kappa shape index (κ2) is 10.1. The maximum Gasteiger partial charge on any atom is 0.271 e. The van der Waals surface area contributed by atoms with Crippen LogP contribution in [0.2, 0.25) is 5.02 Å². The molecule has 148 valence electrons. The number of nitro groups is 1. The number of halogens is 2. The SMILES string of the molecule is COc1ccc2ccccc2c1CNCCNc1ccc([N+](=O)[O-])cc1Cl.Cl. The zero-order chi connectivity index (χ0) is 19.2. The van der Waals surface area contributed by atoms with E-state index in [2.05, 4.69) is 28.8 Å². The van der Waals surface area contributed by atoms with Gasteiger partial charge in [0.15, 0.2) is 0 Å². The van der Waals surface area contributed by atoms with Crippen molar-refractivity contribution < 1.29 is 9.66 Å². The van der Waals surface area contributed by atoms with Gasteiger partial charge in [-0.25, -0.2) is 0 Å². The minimum Gasteiger partial charge on any atom is -0.496 e. The van der Waals surface area contributed by atoms with E-state index in [1.165, 1.54) is 17.5 Å². The molecular formula is C20H21Cl2N3O3. The second-order valence-corrected chi connectivity index (χ2v) is 6.40. The van der Waals surface area contributed by atoms with Crippen LogP contribution >= 0.6 is 24.0 Å². The Kier molecular flexibility index (Phi) is 7.87. The van der Waals surface area contributed by atoms with Gasteiger partial charge in [0.1, 0.15) is 5.75 Å². The number of rotatable bonds is 8. The first kappa shape index (κ1) is 21.8. The minimum absolute atomic E-state index is 0. The Hall–Kier alpha value is -2.54. The highest BCUT2D eigenvalue weighted by Crippen LogP contribution is 2.28. The van der Waals surface area contributed by atoms with Gasteiger partial charge in [-0.05, 0) is 22.9 Å². The average molecular weight is 422 g/mol. The maximum atomic E-state index is 10.8. The van der Waals surface area contributed by atoms with Gasteiger partial charge in [0.25, 0.3) is 5.69 Å². The van der Waals surface area contributed by atoms with Crippen molar-refractivity contribution in [2.45, 2.75) is 6.54 Å². The molecule has 0 fully saturated rings. The number of anilines is 1. The Morgan fingerprint density at radius 1 is 1.11 bits per heavy atom. The quantitative estimate of drug-likeness (QED) is 0.302. The number of hydrogen-bond acceptors (Lipinski definition) is 5. The molecule has 3 aromatic rings. The van der Waals surface area contributed by atoms with Crippen LogP contribution in [0, 0.1) is 10.1 Å². The molecule has 0 amide bonds. The number of nitro benzene ring substituents is 1. The number of nitrogens with zero attached hydrogens (tertiary/aromatic N) is 1. The van der Waals surface area contributed by atoms with Crippen molar-refractivity contribution in [3.63, 3.8) is 0 Å². The summed E-state index contributed by atoms with van der Waals surface area (Å²) in [5.41, 5.74) is 1.77. The molecule has 0 radical (unpaired) electrons. The van der Waals surface area contributed by atoms with Crippen LogP contribution in [-0.2, 0) is 6.54 Å². The second-order valence-electron chi connectivity index (χ2n) is 5.99. The van der Waals surface area contributed by atoms with Gasteiger partial charge >= 0.3 is 0 Å². The molecular weight excluding hydrogens is 401 g/mol. The molecule has 0 bridgehead atoms. The molecule has 0 aliphatic carbocycles. The smallest absolute Gasteiger partial charge is 0.271 e. The Bertz CT molecular complexity index is 967. The molecule has 28 heavy (non-hydrogen) atoms. The van der Waals surface area contributed by atoms with Gasteiger partial charge in [0.2, 0.25) is 0 Å². The molecule has 0 saturated heterocycles. The summed E-state index contributed by atoms with van der Waals surface area (Å²) in [6.45, 7) is 1.99. The van der Waals surface area contributed by atoms with E-state index in [1.807, 2.05) is 18.2 Å². The van der Waals surface area contributed by atoms with Gasteiger partial charge in [-0.15, -0.1) is 12.4 Å².